The molecule has 0 saturated carbocycles. The predicted octanol–water partition coefficient (Wildman–Crippen LogP) is 2.23. The van der Waals surface area contributed by atoms with Crippen molar-refractivity contribution < 1.29 is 9.59 Å². The first-order valence-corrected chi connectivity index (χ1v) is 8.65. The van der Waals surface area contributed by atoms with E-state index < -0.39 is 6.04 Å². The first-order chi connectivity index (χ1) is 11.5. The third kappa shape index (κ3) is 3.21. The fourth-order valence-corrected chi connectivity index (χ4v) is 3.17. The van der Waals surface area contributed by atoms with E-state index >= 15 is 0 Å². The number of carbonyl (C=O) groups is 2. The van der Waals surface area contributed by atoms with Gasteiger partial charge >= 0.3 is 0 Å². The molecule has 3 rings (SSSR count). The Balaban J connectivity index is 1.85. The van der Waals surface area contributed by atoms with Crippen LogP contribution in [0.5, 0.6) is 0 Å². The molecule has 7 heteroatoms. The van der Waals surface area contributed by atoms with Crippen LogP contribution in [0.2, 0.25) is 0 Å². The van der Waals surface area contributed by atoms with Crippen LogP contribution in [0.3, 0.4) is 0 Å². The van der Waals surface area contributed by atoms with E-state index in [-0.39, 0.29) is 17.7 Å². The number of nitrogens with zero attached hydrogens (tertiary/aromatic N) is 3. The monoisotopic (exact) mass is 390 g/mol. The number of aromatic nitrogens is 2. The fraction of sp³-hybridized carbons (Fsp3) is 0.353. The summed E-state index contributed by atoms with van der Waals surface area (Å²) in [7, 11) is 0. The molecule has 1 N–H and O–H groups in total. The molecule has 1 fully saturated rings. The maximum atomic E-state index is 12.8. The van der Waals surface area contributed by atoms with Crippen molar-refractivity contribution in [1.29, 1.82) is 0 Å². The largest absolute Gasteiger partial charge is 0.353 e. The summed E-state index contributed by atoms with van der Waals surface area (Å²) in [5.41, 5.74) is 1.26. The molecule has 126 valence electrons. The summed E-state index contributed by atoms with van der Waals surface area (Å²) in [5.74, 6) is -0.265. The van der Waals surface area contributed by atoms with Crippen molar-refractivity contribution >= 4 is 27.7 Å². The summed E-state index contributed by atoms with van der Waals surface area (Å²) in [6, 6.07) is 7.28. The molecule has 1 aliphatic heterocycles. The second-order valence-electron chi connectivity index (χ2n) is 6.12. The number of nitrogens with one attached hydrogen (secondary N) is 1. The number of amides is 2. The van der Waals surface area contributed by atoms with Gasteiger partial charge in [-0.2, -0.15) is 0 Å². The van der Waals surface area contributed by atoms with Crippen LogP contribution in [0.25, 0.3) is 5.69 Å². The molecule has 0 bridgehead atoms. The van der Waals surface area contributed by atoms with Gasteiger partial charge in [-0.05, 0) is 30.2 Å². The number of carbonyl (C=O) groups excluding carboxylic acids is 2. The summed E-state index contributed by atoms with van der Waals surface area (Å²) in [5, 5.41) is 2.82. The van der Waals surface area contributed by atoms with Crippen LogP contribution in [-0.4, -0.2) is 45.4 Å². The second kappa shape index (κ2) is 6.76. The summed E-state index contributed by atoms with van der Waals surface area (Å²) < 4.78 is 2.79. The fourth-order valence-electron chi connectivity index (χ4n) is 2.91. The minimum atomic E-state index is -0.455. The minimum Gasteiger partial charge on any atom is -0.353 e. The van der Waals surface area contributed by atoms with E-state index in [2.05, 4.69) is 26.2 Å². The molecule has 2 aromatic rings. The van der Waals surface area contributed by atoms with Crippen molar-refractivity contribution in [3.05, 3.63) is 47.0 Å². The van der Waals surface area contributed by atoms with Crippen LogP contribution >= 0.6 is 15.9 Å². The average Bonchev–Trinajstić information content (AvgIpc) is 3.04. The Labute approximate surface area is 149 Å². The van der Waals surface area contributed by atoms with Gasteiger partial charge in [0.1, 0.15) is 18.1 Å². The van der Waals surface area contributed by atoms with Crippen LogP contribution in [0.1, 0.15) is 24.3 Å². The molecular formula is C17H19BrN4O2. The molecule has 2 heterocycles. The Hall–Kier alpha value is -2.15. The van der Waals surface area contributed by atoms with Crippen LogP contribution in [0.15, 0.2) is 41.3 Å². The molecular weight excluding hydrogens is 372 g/mol. The number of imidazole rings is 1. The molecule has 1 atom stereocenters. The van der Waals surface area contributed by atoms with Gasteiger partial charge in [0.05, 0.1) is 0 Å². The molecule has 1 aromatic heterocycles. The van der Waals surface area contributed by atoms with Crippen LogP contribution < -0.4 is 5.32 Å². The van der Waals surface area contributed by atoms with E-state index in [1.807, 2.05) is 38.1 Å². The summed E-state index contributed by atoms with van der Waals surface area (Å²) in [6.07, 6.45) is 3.32. The van der Waals surface area contributed by atoms with Gasteiger partial charge in [-0.25, -0.2) is 4.98 Å². The standard InChI is InChI=1S/C17H19BrN4O2/c1-11(2)15-16(23)19-7-8-22(15)17(24)14-9-21(10-20-14)13-5-3-12(18)4-6-13/h3-6,9-11,15H,7-8H2,1-2H3,(H,19,23)/t15-/m0/s1. The van der Waals surface area contributed by atoms with E-state index in [9.17, 15) is 9.59 Å². The van der Waals surface area contributed by atoms with Crippen molar-refractivity contribution in [2.45, 2.75) is 19.9 Å². The zero-order valence-electron chi connectivity index (χ0n) is 13.6. The molecule has 6 nitrogen and oxygen atoms in total. The van der Waals surface area contributed by atoms with E-state index in [1.54, 1.807) is 22.0 Å². The average molecular weight is 391 g/mol. The van der Waals surface area contributed by atoms with Gasteiger partial charge < -0.3 is 14.8 Å². The smallest absolute Gasteiger partial charge is 0.274 e. The summed E-state index contributed by atoms with van der Waals surface area (Å²) >= 11 is 3.40. The first kappa shape index (κ1) is 16.7. The Morgan fingerprint density at radius 3 is 2.71 bits per heavy atom. The number of piperazine rings is 1. The highest BCUT2D eigenvalue weighted by Crippen LogP contribution is 2.18. The lowest BCUT2D eigenvalue weighted by atomic mass is 9.99. The Morgan fingerprint density at radius 2 is 2.04 bits per heavy atom. The van der Waals surface area contributed by atoms with E-state index in [0.717, 1.165) is 10.2 Å². The highest BCUT2D eigenvalue weighted by molar-refractivity contribution is 9.10. The molecule has 1 saturated heterocycles. The SMILES string of the molecule is CC(C)[C@H]1C(=O)NCCN1C(=O)c1cn(-c2ccc(Br)cc2)cn1. The number of rotatable bonds is 3. The van der Waals surface area contributed by atoms with Gasteiger partial charge in [0, 0.05) is 29.4 Å². The maximum Gasteiger partial charge on any atom is 0.274 e. The molecule has 0 unspecified atom stereocenters. The number of hydrogen-bond acceptors (Lipinski definition) is 3. The lowest BCUT2D eigenvalue weighted by Gasteiger charge is -2.36. The summed E-state index contributed by atoms with van der Waals surface area (Å²) in [4.78, 5) is 30.8. The van der Waals surface area contributed by atoms with Gasteiger partial charge in [-0.15, -0.1) is 0 Å². The highest BCUT2D eigenvalue weighted by Gasteiger charge is 2.36. The Bertz CT molecular complexity index is 754. The maximum absolute atomic E-state index is 12.8. The van der Waals surface area contributed by atoms with Crippen molar-refractivity contribution in [3.63, 3.8) is 0 Å². The van der Waals surface area contributed by atoms with Gasteiger partial charge in [0.2, 0.25) is 5.91 Å². The molecule has 0 spiro atoms. The molecule has 2 amide bonds. The molecule has 0 radical (unpaired) electrons. The highest BCUT2D eigenvalue weighted by atomic mass is 79.9. The second-order valence-corrected chi connectivity index (χ2v) is 7.04. The van der Waals surface area contributed by atoms with Crippen LogP contribution in [-0.2, 0) is 4.79 Å². The van der Waals surface area contributed by atoms with Gasteiger partial charge in [-0.1, -0.05) is 29.8 Å². The number of halogens is 1. The first-order valence-electron chi connectivity index (χ1n) is 7.86. The minimum absolute atomic E-state index is 0.0443. The van der Waals surface area contributed by atoms with Gasteiger partial charge in [0.25, 0.3) is 5.91 Å². The van der Waals surface area contributed by atoms with E-state index in [1.165, 1.54) is 0 Å². The van der Waals surface area contributed by atoms with E-state index in [0.29, 0.717) is 18.8 Å². The van der Waals surface area contributed by atoms with Crippen molar-refractivity contribution in [2.24, 2.45) is 5.92 Å². The topological polar surface area (TPSA) is 67.2 Å². The lowest BCUT2D eigenvalue weighted by molar-refractivity contribution is -0.129. The van der Waals surface area contributed by atoms with Crippen LogP contribution in [0, 0.1) is 5.92 Å². The molecule has 0 aliphatic carbocycles. The van der Waals surface area contributed by atoms with Gasteiger partial charge in [-0.3, -0.25) is 9.59 Å². The normalized spacial score (nSPS) is 17.9. The lowest BCUT2D eigenvalue weighted by Crippen LogP contribution is -2.59. The van der Waals surface area contributed by atoms with Crippen molar-refractivity contribution in [1.82, 2.24) is 19.8 Å². The van der Waals surface area contributed by atoms with Crippen molar-refractivity contribution in [2.75, 3.05) is 13.1 Å². The Morgan fingerprint density at radius 1 is 1.33 bits per heavy atom. The quantitative estimate of drug-likeness (QED) is 0.873. The zero-order chi connectivity index (χ0) is 17.3. The van der Waals surface area contributed by atoms with Crippen LogP contribution in [0.4, 0.5) is 0 Å². The van der Waals surface area contributed by atoms with Gasteiger partial charge in [0.15, 0.2) is 0 Å². The Kier molecular flexibility index (Phi) is 4.71. The third-order valence-corrected chi connectivity index (χ3v) is 4.60. The number of hydrogen-bond donors (Lipinski definition) is 1. The van der Waals surface area contributed by atoms with Crippen molar-refractivity contribution in [3.8, 4) is 5.69 Å². The molecule has 24 heavy (non-hydrogen) atoms. The predicted molar refractivity (Wildman–Crippen MR) is 93.9 cm³/mol. The third-order valence-electron chi connectivity index (χ3n) is 4.08. The molecule has 1 aliphatic rings. The zero-order valence-corrected chi connectivity index (χ0v) is 15.2. The van der Waals surface area contributed by atoms with E-state index in [4.69, 9.17) is 0 Å². The summed E-state index contributed by atoms with van der Waals surface area (Å²) in [6.45, 7) is 4.85. The number of benzene rings is 1. The molecule has 1 aromatic carbocycles.